The van der Waals surface area contributed by atoms with Crippen LogP contribution in [0.2, 0.25) is 0 Å². The fourth-order valence-electron chi connectivity index (χ4n) is 2.66. The molecule has 2 unspecified atom stereocenters. The maximum atomic E-state index is 11.9. The van der Waals surface area contributed by atoms with Crippen LogP contribution in [-0.2, 0) is 9.59 Å². The predicted octanol–water partition coefficient (Wildman–Crippen LogP) is 0.550. The van der Waals surface area contributed by atoms with E-state index in [1.165, 1.54) is 0 Å². The normalized spacial score (nSPS) is 18.2. The third kappa shape index (κ3) is 8.14. The van der Waals surface area contributed by atoms with Crippen LogP contribution < -0.4 is 10.6 Å². The van der Waals surface area contributed by atoms with Crippen molar-refractivity contribution in [2.45, 2.75) is 51.6 Å². The second kappa shape index (κ2) is 10.9. The summed E-state index contributed by atoms with van der Waals surface area (Å²) in [5, 5.41) is 23.4. The topological polar surface area (TPSA) is 119 Å². The number of amides is 3. The van der Waals surface area contributed by atoms with Crippen LogP contribution in [0.4, 0.5) is 4.79 Å². The number of nitrogens with one attached hydrogen (secondary N) is 2. The van der Waals surface area contributed by atoms with E-state index in [1.54, 1.807) is 11.8 Å². The Balaban J connectivity index is 1.99. The van der Waals surface area contributed by atoms with Gasteiger partial charge in [-0.2, -0.15) is 0 Å². The summed E-state index contributed by atoms with van der Waals surface area (Å²) in [7, 11) is 0. The highest BCUT2D eigenvalue weighted by molar-refractivity contribution is 5.76. The number of carboxylic acid groups (broad SMARTS) is 1. The molecular weight excluding hydrogens is 314 g/mol. The van der Waals surface area contributed by atoms with Crippen molar-refractivity contribution in [3.63, 3.8) is 0 Å². The second-order valence-corrected chi connectivity index (χ2v) is 6.27. The molecule has 1 aliphatic heterocycles. The van der Waals surface area contributed by atoms with E-state index in [2.05, 4.69) is 10.6 Å². The fourth-order valence-corrected chi connectivity index (χ4v) is 2.66. The number of hydrogen-bond acceptors (Lipinski definition) is 4. The Morgan fingerprint density at radius 3 is 2.50 bits per heavy atom. The zero-order valence-corrected chi connectivity index (χ0v) is 14.3. The molecule has 0 spiro atoms. The number of aliphatic hydroxyl groups excluding tert-OH is 1. The van der Waals surface area contributed by atoms with Crippen LogP contribution >= 0.6 is 0 Å². The molecule has 1 rings (SSSR count). The SMILES string of the molecule is CC(O)C1CCN(C(=O)NCCCCCC(=O)NCCC(=O)O)C1. The second-order valence-electron chi connectivity index (χ2n) is 6.27. The van der Waals surface area contributed by atoms with E-state index in [-0.39, 0.29) is 36.9 Å². The van der Waals surface area contributed by atoms with E-state index in [9.17, 15) is 19.5 Å². The molecule has 0 aromatic heterocycles. The summed E-state index contributed by atoms with van der Waals surface area (Å²) in [6.07, 6.45) is 3.08. The molecule has 0 aromatic rings. The largest absolute Gasteiger partial charge is 0.481 e. The van der Waals surface area contributed by atoms with Gasteiger partial charge in [-0.25, -0.2) is 4.79 Å². The lowest BCUT2D eigenvalue weighted by Crippen LogP contribution is -2.39. The van der Waals surface area contributed by atoms with Gasteiger partial charge in [0, 0.05) is 38.5 Å². The molecule has 1 aliphatic rings. The maximum absolute atomic E-state index is 11.9. The van der Waals surface area contributed by atoms with E-state index < -0.39 is 5.97 Å². The van der Waals surface area contributed by atoms with Crippen molar-refractivity contribution in [1.82, 2.24) is 15.5 Å². The van der Waals surface area contributed by atoms with Crippen molar-refractivity contribution >= 4 is 17.9 Å². The standard InChI is InChI=1S/C16H29N3O5/c1-12(20)13-7-10-19(11-13)16(24)18-8-4-2-3-5-14(21)17-9-6-15(22)23/h12-13,20H,2-11H2,1H3,(H,17,21)(H,18,24)(H,22,23). The Hall–Kier alpha value is -1.83. The molecule has 1 fully saturated rings. The zero-order chi connectivity index (χ0) is 17.9. The third-order valence-electron chi connectivity index (χ3n) is 4.21. The molecule has 138 valence electrons. The highest BCUT2D eigenvalue weighted by Crippen LogP contribution is 2.19. The first-order chi connectivity index (χ1) is 11.4. The number of carbonyl (C=O) groups excluding carboxylic acids is 2. The third-order valence-corrected chi connectivity index (χ3v) is 4.21. The van der Waals surface area contributed by atoms with Crippen molar-refractivity contribution in [1.29, 1.82) is 0 Å². The van der Waals surface area contributed by atoms with Gasteiger partial charge in [0.2, 0.25) is 5.91 Å². The molecule has 24 heavy (non-hydrogen) atoms. The Morgan fingerprint density at radius 2 is 1.88 bits per heavy atom. The summed E-state index contributed by atoms with van der Waals surface area (Å²) < 4.78 is 0. The number of hydrogen-bond donors (Lipinski definition) is 4. The van der Waals surface area contributed by atoms with Gasteiger partial charge in [0.05, 0.1) is 12.5 Å². The molecule has 1 heterocycles. The molecule has 1 saturated heterocycles. The van der Waals surface area contributed by atoms with Crippen molar-refractivity contribution in [3.05, 3.63) is 0 Å². The number of carboxylic acids is 1. The van der Waals surface area contributed by atoms with Crippen LogP contribution in [0.25, 0.3) is 0 Å². The van der Waals surface area contributed by atoms with Crippen LogP contribution in [0.5, 0.6) is 0 Å². The molecule has 0 aliphatic carbocycles. The van der Waals surface area contributed by atoms with Gasteiger partial charge >= 0.3 is 12.0 Å². The van der Waals surface area contributed by atoms with Gasteiger partial charge in [-0.15, -0.1) is 0 Å². The molecule has 3 amide bonds. The molecule has 0 bridgehead atoms. The van der Waals surface area contributed by atoms with Crippen molar-refractivity contribution in [2.24, 2.45) is 5.92 Å². The van der Waals surface area contributed by atoms with Gasteiger partial charge in [-0.05, 0) is 26.2 Å². The first-order valence-corrected chi connectivity index (χ1v) is 8.59. The Labute approximate surface area is 142 Å². The lowest BCUT2D eigenvalue weighted by molar-refractivity contribution is -0.136. The van der Waals surface area contributed by atoms with E-state index in [0.29, 0.717) is 32.5 Å². The van der Waals surface area contributed by atoms with Crippen molar-refractivity contribution in [2.75, 3.05) is 26.2 Å². The lowest BCUT2D eigenvalue weighted by Gasteiger charge is -2.18. The maximum Gasteiger partial charge on any atom is 0.317 e. The van der Waals surface area contributed by atoms with Crippen molar-refractivity contribution < 1.29 is 24.6 Å². The number of likely N-dealkylation sites (tertiary alicyclic amines) is 1. The lowest BCUT2D eigenvalue weighted by atomic mass is 10.0. The van der Waals surface area contributed by atoms with Crippen molar-refractivity contribution in [3.8, 4) is 0 Å². The van der Waals surface area contributed by atoms with E-state index in [4.69, 9.17) is 5.11 Å². The van der Waals surface area contributed by atoms with Gasteiger partial charge in [-0.1, -0.05) is 6.42 Å². The van der Waals surface area contributed by atoms with Crippen LogP contribution in [0.3, 0.4) is 0 Å². The predicted molar refractivity (Wildman–Crippen MR) is 88.5 cm³/mol. The van der Waals surface area contributed by atoms with Crippen LogP contribution in [0, 0.1) is 5.92 Å². The summed E-state index contributed by atoms with van der Waals surface area (Å²) in [5.74, 6) is -0.902. The Morgan fingerprint density at radius 1 is 1.12 bits per heavy atom. The molecule has 0 saturated carbocycles. The fraction of sp³-hybridized carbons (Fsp3) is 0.812. The summed E-state index contributed by atoms with van der Waals surface area (Å²) in [6.45, 7) is 3.75. The van der Waals surface area contributed by atoms with E-state index in [0.717, 1.165) is 19.3 Å². The minimum absolute atomic E-state index is 0.0653. The minimum Gasteiger partial charge on any atom is -0.481 e. The quantitative estimate of drug-likeness (QED) is 0.432. The highest BCUT2D eigenvalue weighted by atomic mass is 16.4. The van der Waals surface area contributed by atoms with Crippen LogP contribution in [0.1, 0.15) is 45.4 Å². The molecule has 2 atom stereocenters. The number of carbonyl (C=O) groups is 3. The number of unbranched alkanes of at least 4 members (excludes halogenated alkanes) is 2. The monoisotopic (exact) mass is 343 g/mol. The molecular formula is C16H29N3O5. The summed E-state index contributed by atoms with van der Waals surface area (Å²) in [6, 6.07) is -0.0930. The van der Waals surface area contributed by atoms with Gasteiger partial charge in [-0.3, -0.25) is 9.59 Å². The number of rotatable bonds is 10. The molecule has 0 radical (unpaired) electrons. The zero-order valence-electron chi connectivity index (χ0n) is 14.3. The van der Waals surface area contributed by atoms with Crippen LogP contribution in [0.15, 0.2) is 0 Å². The first-order valence-electron chi connectivity index (χ1n) is 8.59. The number of urea groups is 1. The number of aliphatic hydroxyl groups is 1. The summed E-state index contributed by atoms with van der Waals surface area (Å²) >= 11 is 0. The highest BCUT2D eigenvalue weighted by Gasteiger charge is 2.28. The smallest absolute Gasteiger partial charge is 0.317 e. The Bertz CT molecular complexity index is 428. The van der Waals surface area contributed by atoms with Crippen LogP contribution in [-0.4, -0.2) is 65.3 Å². The van der Waals surface area contributed by atoms with Gasteiger partial charge in [0.25, 0.3) is 0 Å². The number of nitrogens with zero attached hydrogens (tertiary/aromatic N) is 1. The Kier molecular flexibility index (Phi) is 9.14. The van der Waals surface area contributed by atoms with E-state index >= 15 is 0 Å². The summed E-state index contributed by atoms with van der Waals surface area (Å²) in [5.41, 5.74) is 0. The minimum atomic E-state index is -0.927. The number of aliphatic carboxylic acids is 1. The molecule has 0 aromatic carbocycles. The van der Waals surface area contributed by atoms with Gasteiger partial charge in [0.15, 0.2) is 0 Å². The molecule has 8 heteroatoms. The first kappa shape index (κ1) is 20.2. The van der Waals surface area contributed by atoms with Gasteiger partial charge in [0.1, 0.15) is 0 Å². The van der Waals surface area contributed by atoms with Gasteiger partial charge < -0.3 is 25.7 Å². The average molecular weight is 343 g/mol. The summed E-state index contributed by atoms with van der Waals surface area (Å²) in [4.78, 5) is 35.4. The molecule has 4 N–H and O–H groups in total. The molecule has 8 nitrogen and oxygen atoms in total. The van der Waals surface area contributed by atoms with E-state index in [1.807, 2.05) is 0 Å². The average Bonchev–Trinajstić information content (AvgIpc) is 3.00.